The van der Waals surface area contributed by atoms with Crippen LogP contribution in [0.25, 0.3) is 0 Å². The van der Waals surface area contributed by atoms with E-state index in [1.165, 1.54) is 12.0 Å². The zero-order valence-electron chi connectivity index (χ0n) is 20.0. The molecule has 2 fully saturated rings. The van der Waals surface area contributed by atoms with Crippen molar-refractivity contribution in [2.45, 2.75) is 25.7 Å². The van der Waals surface area contributed by atoms with E-state index in [0.717, 1.165) is 71.0 Å². The smallest absolute Gasteiger partial charge is 0.243 e. The first-order chi connectivity index (χ1) is 15.5. The van der Waals surface area contributed by atoms with Crippen LogP contribution in [0.3, 0.4) is 0 Å². The van der Waals surface area contributed by atoms with Gasteiger partial charge in [0.25, 0.3) is 0 Å². The van der Waals surface area contributed by atoms with Gasteiger partial charge in [0.2, 0.25) is 11.8 Å². The van der Waals surface area contributed by atoms with E-state index in [0.29, 0.717) is 6.54 Å². The average molecular weight is 571 g/mol. The van der Waals surface area contributed by atoms with Crippen LogP contribution in [0.1, 0.15) is 24.8 Å². The Bertz CT molecular complexity index is 759. The number of likely N-dealkylation sites (N-methyl/N-ethyl adjacent to an activating group) is 1. The lowest BCUT2D eigenvalue weighted by Gasteiger charge is -2.37. The van der Waals surface area contributed by atoms with Gasteiger partial charge >= 0.3 is 0 Å². The summed E-state index contributed by atoms with van der Waals surface area (Å²) in [5, 5.41) is 3.45. The molecule has 8 nitrogen and oxygen atoms in total. The van der Waals surface area contributed by atoms with Crippen molar-refractivity contribution in [2.24, 2.45) is 4.99 Å². The summed E-state index contributed by atoms with van der Waals surface area (Å²) in [6, 6.07) is 10.3. The highest BCUT2D eigenvalue weighted by Crippen LogP contribution is 2.10. The van der Waals surface area contributed by atoms with Crippen molar-refractivity contribution in [2.75, 3.05) is 73.0 Å². The molecule has 9 heteroatoms. The predicted octanol–water partition coefficient (Wildman–Crippen LogP) is 1.51. The molecule has 3 rings (SSSR count). The molecule has 0 aliphatic carbocycles. The van der Waals surface area contributed by atoms with Crippen molar-refractivity contribution in [3.63, 3.8) is 0 Å². The molecule has 2 heterocycles. The van der Waals surface area contributed by atoms with Crippen LogP contribution in [-0.4, -0.2) is 110 Å². The summed E-state index contributed by atoms with van der Waals surface area (Å²) >= 11 is 0. The Balaban J connectivity index is 0.00000385. The molecule has 0 bridgehead atoms. The lowest BCUT2D eigenvalue weighted by atomic mass is 10.1. The van der Waals surface area contributed by atoms with E-state index in [-0.39, 0.29) is 42.3 Å². The van der Waals surface area contributed by atoms with Gasteiger partial charge in [0, 0.05) is 59.9 Å². The van der Waals surface area contributed by atoms with Gasteiger partial charge in [0.1, 0.15) is 6.54 Å². The third-order valence-corrected chi connectivity index (χ3v) is 6.14. The molecule has 1 aromatic rings. The lowest BCUT2D eigenvalue weighted by molar-refractivity contribution is -0.133. The summed E-state index contributed by atoms with van der Waals surface area (Å²) in [4.78, 5) is 37.3. The topological polar surface area (TPSA) is 71.5 Å². The largest absolute Gasteiger partial charge is 0.356 e. The van der Waals surface area contributed by atoms with Crippen molar-refractivity contribution < 1.29 is 9.59 Å². The maximum Gasteiger partial charge on any atom is 0.243 e. The quantitative estimate of drug-likeness (QED) is 0.306. The number of rotatable bonds is 7. The number of nitrogens with one attached hydrogen (secondary N) is 1. The van der Waals surface area contributed by atoms with Crippen LogP contribution in [0, 0.1) is 0 Å². The zero-order valence-corrected chi connectivity index (χ0v) is 22.4. The van der Waals surface area contributed by atoms with Crippen LogP contribution >= 0.6 is 24.0 Å². The summed E-state index contributed by atoms with van der Waals surface area (Å²) in [5.74, 6) is 1.01. The highest BCUT2D eigenvalue weighted by molar-refractivity contribution is 14.0. The Hall–Kier alpha value is -1.88. The summed E-state index contributed by atoms with van der Waals surface area (Å²) in [5.41, 5.74) is 1.27. The molecule has 0 spiro atoms. The lowest BCUT2D eigenvalue weighted by Crippen LogP contribution is -2.54. The second-order valence-corrected chi connectivity index (χ2v) is 8.80. The predicted molar refractivity (Wildman–Crippen MR) is 143 cm³/mol. The van der Waals surface area contributed by atoms with Gasteiger partial charge in [-0.3, -0.25) is 14.5 Å². The van der Waals surface area contributed by atoms with Crippen LogP contribution in [0.5, 0.6) is 0 Å². The van der Waals surface area contributed by atoms with E-state index in [1.807, 2.05) is 23.1 Å². The first-order valence-corrected chi connectivity index (χ1v) is 11.8. The summed E-state index contributed by atoms with van der Waals surface area (Å²) in [7, 11) is 3.50. The first-order valence-electron chi connectivity index (χ1n) is 11.8. The van der Waals surface area contributed by atoms with Gasteiger partial charge in [-0.2, -0.15) is 0 Å². The number of carbonyl (C=O) groups is 2. The minimum atomic E-state index is -0.0156. The molecule has 2 aliphatic rings. The van der Waals surface area contributed by atoms with E-state index in [1.54, 1.807) is 19.0 Å². The second-order valence-electron chi connectivity index (χ2n) is 8.80. The van der Waals surface area contributed by atoms with E-state index < -0.39 is 0 Å². The number of aliphatic imine (C=N–C) groups is 1. The number of halogens is 1. The molecule has 0 saturated carbocycles. The van der Waals surface area contributed by atoms with Crippen molar-refractivity contribution >= 4 is 41.8 Å². The molecule has 1 aromatic carbocycles. The fourth-order valence-electron chi connectivity index (χ4n) is 4.07. The van der Waals surface area contributed by atoms with E-state index in [9.17, 15) is 9.59 Å². The fourth-order valence-corrected chi connectivity index (χ4v) is 4.07. The molecule has 184 valence electrons. The number of amides is 2. The van der Waals surface area contributed by atoms with Crippen LogP contribution < -0.4 is 5.32 Å². The molecular weight excluding hydrogens is 531 g/mol. The molecule has 1 N–H and O–H groups in total. The molecule has 2 amide bonds. The summed E-state index contributed by atoms with van der Waals surface area (Å²) in [6.07, 6.45) is 4.38. The van der Waals surface area contributed by atoms with Gasteiger partial charge in [-0.25, -0.2) is 4.99 Å². The number of nitrogens with zero attached hydrogens (tertiary/aromatic N) is 5. The Morgan fingerprint density at radius 2 is 1.61 bits per heavy atom. The number of hydrogen-bond acceptors (Lipinski definition) is 4. The first kappa shape index (κ1) is 27.4. The van der Waals surface area contributed by atoms with Crippen LogP contribution in [0.15, 0.2) is 35.3 Å². The van der Waals surface area contributed by atoms with Gasteiger partial charge in [0.05, 0.1) is 6.54 Å². The Morgan fingerprint density at radius 1 is 0.939 bits per heavy atom. The van der Waals surface area contributed by atoms with Crippen molar-refractivity contribution in [3.05, 3.63) is 35.9 Å². The minimum Gasteiger partial charge on any atom is -0.356 e. The number of piperazine rings is 1. The third-order valence-electron chi connectivity index (χ3n) is 6.14. The van der Waals surface area contributed by atoms with Crippen molar-refractivity contribution in [3.8, 4) is 0 Å². The maximum absolute atomic E-state index is 12.6. The molecule has 0 atom stereocenters. The van der Waals surface area contributed by atoms with Crippen molar-refractivity contribution in [1.29, 1.82) is 0 Å². The standard InChI is InChI=1S/C24H38N6O2.HI/c1-27(2)22(31)19-26-24(25-12-11-21-9-5-3-6-10-21)30-17-15-28(16-18-30)20-23(32)29-13-7-4-8-14-29;/h3,5-6,9-10H,4,7-8,11-20H2,1-2H3,(H,25,26);1H. The summed E-state index contributed by atoms with van der Waals surface area (Å²) < 4.78 is 0. The van der Waals surface area contributed by atoms with Crippen LogP contribution in [-0.2, 0) is 16.0 Å². The number of hydrogen-bond donors (Lipinski definition) is 1. The Kier molecular flexibility index (Phi) is 11.9. The molecule has 2 saturated heterocycles. The highest BCUT2D eigenvalue weighted by atomic mass is 127. The monoisotopic (exact) mass is 570 g/mol. The van der Waals surface area contributed by atoms with E-state index >= 15 is 0 Å². The number of carbonyl (C=O) groups excluding carboxylic acids is 2. The van der Waals surface area contributed by atoms with Gasteiger partial charge < -0.3 is 20.0 Å². The van der Waals surface area contributed by atoms with Gasteiger partial charge in [0.15, 0.2) is 5.96 Å². The number of likely N-dealkylation sites (tertiary alicyclic amines) is 1. The van der Waals surface area contributed by atoms with Crippen molar-refractivity contribution in [1.82, 2.24) is 24.9 Å². The second kappa shape index (κ2) is 14.4. The van der Waals surface area contributed by atoms with E-state index in [2.05, 4.69) is 32.2 Å². The molecule has 0 aromatic heterocycles. The highest BCUT2D eigenvalue weighted by Gasteiger charge is 2.24. The third kappa shape index (κ3) is 9.11. The average Bonchev–Trinajstić information content (AvgIpc) is 2.82. The molecule has 0 unspecified atom stereocenters. The normalized spacial score (nSPS) is 17.3. The number of benzene rings is 1. The van der Waals surface area contributed by atoms with Crippen LogP contribution in [0.4, 0.5) is 0 Å². The zero-order chi connectivity index (χ0) is 22.8. The van der Waals surface area contributed by atoms with Crippen LogP contribution in [0.2, 0.25) is 0 Å². The Morgan fingerprint density at radius 3 is 2.24 bits per heavy atom. The molecule has 0 radical (unpaired) electrons. The number of guanidine groups is 1. The SMILES string of the molecule is CN(C)C(=O)CN=C(NCCc1ccccc1)N1CCN(CC(=O)N2CCCCC2)CC1.I. The number of piperidine rings is 1. The summed E-state index contributed by atoms with van der Waals surface area (Å²) in [6.45, 7) is 6.42. The maximum atomic E-state index is 12.6. The van der Waals surface area contributed by atoms with Gasteiger partial charge in [-0.1, -0.05) is 30.3 Å². The Labute approximate surface area is 215 Å². The molecular formula is C24H39IN6O2. The molecule has 2 aliphatic heterocycles. The molecule has 33 heavy (non-hydrogen) atoms. The van der Waals surface area contributed by atoms with Gasteiger partial charge in [-0.05, 0) is 31.2 Å². The van der Waals surface area contributed by atoms with Gasteiger partial charge in [-0.15, -0.1) is 24.0 Å². The minimum absolute atomic E-state index is 0. The van der Waals surface area contributed by atoms with E-state index in [4.69, 9.17) is 0 Å². The fraction of sp³-hybridized carbons (Fsp3) is 0.625.